The van der Waals surface area contributed by atoms with E-state index in [1.807, 2.05) is 51.1 Å². The molecule has 1 saturated carbocycles. The zero-order valence-corrected chi connectivity index (χ0v) is 25.2. The number of rotatable bonds is 7. The van der Waals surface area contributed by atoms with Crippen molar-refractivity contribution in [3.8, 4) is 22.6 Å². The van der Waals surface area contributed by atoms with Gasteiger partial charge in [0.05, 0.1) is 6.26 Å². The summed E-state index contributed by atoms with van der Waals surface area (Å²) < 4.78 is 33.6. The molecule has 4 aromatic rings. The van der Waals surface area contributed by atoms with Crippen LogP contribution in [0.4, 0.5) is 0 Å². The number of fused-ring (bicyclic) bond motifs is 1. The van der Waals surface area contributed by atoms with Crippen LogP contribution in [0.5, 0.6) is 11.5 Å². The summed E-state index contributed by atoms with van der Waals surface area (Å²) in [6.45, 7) is 5.87. The van der Waals surface area contributed by atoms with E-state index in [1.165, 1.54) is 4.57 Å². The van der Waals surface area contributed by atoms with Gasteiger partial charge in [-0.2, -0.15) is 0 Å². The second kappa shape index (κ2) is 11.0. The normalized spacial score (nSPS) is 17.2. The maximum atomic E-state index is 13.2. The number of pyridine rings is 1. The third-order valence-electron chi connectivity index (χ3n) is 7.36. The molecule has 11 heteroatoms. The number of nitrogens with zero attached hydrogens (tertiary/aromatic N) is 1. The maximum absolute atomic E-state index is 13.2. The first-order chi connectivity index (χ1) is 19.3. The van der Waals surface area contributed by atoms with Gasteiger partial charge in [0.1, 0.15) is 22.7 Å². The van der Waals surface area contributed by atoms with Crippen molar-refractivity contribution in [2.45, 2.75) is 52.1 Å². The number of hydrogen-bond donors (Lipinski definition) is 3. The summed E-state index contributed by atoms with van der Waals surface area (Å²) in [5.74, 6) is 1.03. The predicted molar refractivity (Wildman–Crippen MR) is 162 cm³/mol. The van der Waals surface area contributed by atoms with Crippen molar-refractivity contribution in [1.29, 1.82) is 0 Å². The molecular weight excluding hydrogens is 564 g/mol. The summed E-state index contributed by atoms with van der Waals surface area (Å²) in [7, 11) is -1.65. The van der Waals surface area contributed by atoms with Gasteiger partial charge < -0.3 is 19.6 Å². The van der Waals surface area contributed by atoms with Gasteiger partial charge in [-0.1, -0.05) is 17.7 Å². The fourth-order valence-corrected chi connectivity index (χ4v) is 6.76. The van der Waals surface area contributed by atoms with E-state index >= 15 is 0 Å². The minimum absolute atomic E-state index is 0.174. The lowest BCUT2D eigenvalue weighted by Crippen LogP contribution is -2.36. The number of ether oxygens (including phenoxy) is 1. The molecule has 2 aromatic carbocycles. The minimum Gasteiger partial charge on any atom is -0.457 e. The lowest BCUT2D eigenvalue weighted by Gasteiger charge is -2.15. The smallest absolute Gasteiger partial charge is 0.274 e. The van der Waals surface area contributed by atoms with Gasteiger partial charge in [0, 0.05) is 41.3 Å². The van der Waals surface area contributed by atoms with E-state index in [2.05, 4.69) is 15.0 Å². The number of nitrogens with one attached hydrogen (secondary N) is 3. The number of benzene rings is 2. The van der Waals surface area contributed by atoms with E-state index in [-0.39, 0.29) is 29.2 Å². The molecule has 0 saturated heterocycles. The van der Waals surface area contributed by atoms with Gasteiger partial charge >= 0.3 is 0 Å². The molecule has 2 aromatic heterocycles. The second-order valence-corrected chi connectivity index (χ2v) is 13.2. The topological polar surface area (TPSA) is 122 Å². The van der Waals surface area contributed by atoms with Crippen LogP contribution in [0.1, 0.15) is 46.4 Å². The summed E-state index contributed by atoms with van der Waals surface area (Å²) in [6.07, 6.45) is 4.69. The van der Waals surface area contributed by atoms with Crippen LogP contribution in [0.25, 0.3) is 22.0 Å². The van der Waals surface area contributed by atoms with Gasteiger partial charge in [0.2, 0.25) is 10.0 Å². The van der Waals surface area contributed by atoms with Gasteiger partial charge in [-0.05, 0) is 92.6 Å². The Bertz CT molecular complexity index is 1820. The SMILES string of the molecule is Cc1cc(Oc2c(C)cc(Cl)cc2C)cc(-c2cn(C)c(=O)c3[nH]c(C(=O)N[C@H]4CC[C@H](NS(C)(=O)=O)C4)cc23)c1. The largest absolute Gasteiger partial charge is 0.457 e. The van der Waals surface area contributed by atoms with Crippen molar-refractivity contribution in [3.63, 3.8) is 0 Å². The number of H-pyrrole nitrogens is 1. The highest BCUT2D eigenvalue weighted by atomic mass is 35.5. The van der Waals surface area contributed by atoms with Crippen LogP contribution in [-0.4, -0.2) is 42.2 Å². The lowest BCUT2D eigenvalue weighted by molar-refractivity contribution is 0.0933. The van der Waals surface area contributed by atoms with E-state index in [4.69, 9.17) is 16.3 Å². The predicted octanol–water partition coefficient (Wildman–Crippen LogP) is 5.10. The quantitative estimate of drug-likeness (QED) is 0.274. The molecule has 0 spiro atoms. The van der Waals surface area contributed by atoms with E-state index in [1.54, 1.807) is 19.3 Å². The van der Waals surface area contributed by atoms with Crippen molar-refractivity contribution >= 4 is 38.4 Å². The Morgan fingerprint density at radius 1 is 1.05 bits per heavy atom. The molecule has 1 aliphatic rings. The Labute approximate surface area is 243 Å². The molecule has 2 heterocycles. The molecule has 216 valence electrons. The number of aromatic nitrogens is 2. The average molecular weight is 597 g/mol. The van der Waals surface area contributed by atoms with Crippen LogP contribution in [-0.2, 0) is 17.1 Å². The van der Waals surface area contributed by atoms with Crippen molar-refractivity contribution < 1.29 is 17.9 Å². The first-order valence-electron chi connectivity index (χ1n) is 13.3. The number of carbonyl (C=O) groups is 1. The first-order valence-corrected chi connectivity index (χ1v) is 15.6. The highest BCUT2D eigenvalue weighted by molar-refractivity contribution is 7.88. The van der Waals surface area contributed by atoms with Crippen molar-refractivity contribution in [1.82, 2.24) is 19.6 Å². The monoisotopic (exact) mass is 596 g/mol. The number of aromatic amines is 1. The number of amides is 1. The number of halogens is 1. The Hall–Kier alpha value is -3.60. The van der Waals surface area contributed by atoms with E-state index in [0.717, 1.165) is 39.8 Å². The number of carbonyl (C=O) groups excluding carboxylic acids is 1. The lowest BCUT2D eigenvalue weighted by atomic mass is 10.0. The molecule has 1 amide bonds. The molecule has 1 aliphatic carbocycles. The van der Waals surface area contributed by atoms with E-state index in [0.29, 0.717) is 40.9 Å². The summed E-state index contributed by atoms with van der Waals surface area (Å²) in [5.41, 5.74) is 4.75. The Kier molecular flexibility index (Phi) is 7.76. The maximum Gasteiger partial charge on any atom is 0.274 e. The zero-order valence-electron chi connectivity index (χ0n) is 23.6. The summed E-state index contributed by atoms with van der Waals surface area (Å²) in [5, 5.41) is 4.25. The summed E-state index contributed by atoms with van der Waals surface area (Å²) in [6, 6.07) is 10.9. The van der Waals surface area contributed by atoms with Gasteiger partial charge in [0.15, 0.2) is 0 Å². The molecule has 0 bridgehead atoms. The van der Waals surface area contributed by atoms with Crippen LogP contribution < -0.4 is 20.3 Å². The van der Waals surface area contributed by atoms with Crippen molar-refractivity contribution in [2.24, 2.45) is 7.05 Å². The molecule has 9 nitrogen and oxygen atoms in total. The van der Waals surface area contributed by atoms with Crippen LogP contribution in [0.15, 0.2) is 47.4 Å². The van der Waals surface area contributed by atoms with Crippen molar-refractivity contribution in [2.75, 3.05) is 6.26 Å². The van der Waals surface area contributed by atoms with Gasteiger partial charge in [-0.25, -0.2) is 13.1 Å². The standard InChI is InChI=1S/C30H33ClN4O5S/c1-16-8-19(12-23(9-16)40-28-17(2)10-20(31)11-18(28)3)25-15-35(4)30(37)27-24(25)14-26(33-27)29(36)32-21-6-7-22(13-21)34-41(5,38)39/h8-12,14-15,21-22,33-34H,6-7,13H2,1-5H3,(H,32,36)/t21-,22-/m0/s1. The van der Waals surface area contributed by atoms with E-state index < -0.39 is 10.0 Å². The van der Waals surface area contributed by atoms with E-state index in [9.17, 15) is 18.0 Å². The molecular formula is C30H33ClN4O5S. The van der Waals surface area contributed by atoms with Crippen LogP contribution in [0.3, 0.4) is 0 Å². The Morgan fingerprint density at radius 3 is 2.41 bits per heavy atom. The van der Waals surface area contributed by atoms with Crippen LogP contribution in [0, 0.1) is 20.8 Å². The Morgan fingerprint density at radius 2 is 1.73 bits per heavy atom. The molecule has 0 unspecified atom stereocenters. The van der Waals surface area contributed by atoms with Gasteiger partial charge in [-0.3, -0.25) is 9.59 Å². The highest BCUT2D eigenvalue weighted by Crippen LogP contribution is 2.36. The minimum atomic E-state index is -3.32. The zero-order chi connectivity index (χ0) is 29.6. The molecule has 0 radical (unpaired) electrons. The second-order valence-electron chi connectivity index (χ2n) is 11.0. The molecule has 1 fully saturated rings. The third kappa shape index (κ3) is 6.34. The van der Waals surface area contributed by atoms with Crippen LogP contribution >= 0.6 is 11.6 Å². The summed E-state index contributed by atoms with van der Waals surface area (Å²) in [4.78, 5) is 29.3. The first kappa shape index (κ1) is 28.9. The Balaban J connectivity index is 1.47. The van der Waals surface area contributed by atoms with Crippen molar-refractivity contribution in [3.05, 3.63) is 80.4 Å². The number of sulfonamides is 1. The fraction of sp³-hybridized carbons (Fsp3) is 0.333. The average Bonchev–Trinajstić information content (AvgIpc) is 3.49. The molecule has 0 aliphatic heterocycles. The number of aryl methyl sites for hydroxylation is 4. The third-order valence-corrected chi connectivity index (χ3v) is 8.34. The highest BCUT2D eigenvalue weighted by Gasteiger charge is 2.28. The molecule has 2 atom stereocenters. The fourth-order valence-electron chi connectivity index (χ4n) is 5.61. The van der Waals surface area contributed by atoms with Gasteiger partial charge in [-0.15, -0.1) is 0 Å². The van der Waals surface area contributed by atoms with Gasteiger partial charge in [0.25, 0.3) is 11.5 Å². The summed E-state index contributed by atoms with van der Waals surface area (Å²) >= 11 is 6.20. The number of hydrogen-bond acceptors (Lipinski definition) is 5. The molecule has 5 rings (SSSR count). The molecule has 3 N–H and O–H groups in total. The molecule has 41 heavy (non-hydrogen) atoms. The van der Waals surface area contributed by atoms with Crippen LogP contribution in [0.2, 0.25) is 5.02 Å².